The van der Waals surface area contributed by atoms with Crippen LogP contribution in [0.5, 0.6) is 23.0 Å². The van der Waals surface area contributed by atoms with Gasteiger partial charge < -0.3 is 47.2 Å². The average Bonchev–Trinajstić information content (AvgIpc) is 4.09. The molecular weight excluding hydrogens is 1070 g/mol. The minimum atomic E-state index is -3.56. The van der Waals surface area contributed by atoms with Crippen molar-refractivity contribution in [2.45, 2.75) is 134 Å². The number of hydrogen-bond donors (Lipinski definition) is 0. The summed E-state index contributed by atoms with van der Waals surface area (Å²) in [4.78, 5) is 65.6. The first-order valence-corrected chi connectivity index (χ1v) is 24.3. The zero-order valence-electron chi connectivity index (χ0n) is 45.4. The van der Waals surface area contributed by atoms with Crippen molar-refractivity contribution in [2.24, 2.45) is 0 Å². The van der Waals surface area contributed by atoms with E-state index in [0.717, 1.165) is 57.2 Å². The van der Waals surface area contributed by atoms with Crippen molar-refractivity contribution in [3.05, 3.63) is 115 Å². The largest absolute Gasteiger partial charge is 1.00 e. The fourth-order valence-electron chi connectivity index (χ4n) is 7.60. The summed E-state index contributed by atoms with van der Waals surface area (Å²) in [6, 6.07) is 14.6. The molecule has 76 heavy (non-hydrogen) atoms. The van der Waals surface area contributed by atoms with Crippen molar-refractivity contribution in [3.8, 4) is 23.0 Å². The van der Waals surface area contributed by atoms with Gasteiger partial charge in [-0.15, -0.1) is 0 Å². The fourth-order valence-corrected chi connectivity index (χ4v) is 8.60. The van der Waals surface area contributed by atoms with Gasteiger partial charge in [0.2, 0.25) is 5.78 Å². The summed E-state index contributed by atoms with van der Waals surface area (Å²) < 4.78 is 93.2. The van der Waals surface area contributed by atoms with Crippen molar-refractivity contribution >= 4 is 64.0 Å². The predicted octanol–water partition coefficient (Wildman–Crippen LogP) is 6.74. The van der Waals surface area contributed by atoms with Gasteiger partial charge in [0.1, 0.15) is 29.1 Å². The number of alkyl halides is 4. The molecule has 2 heterocycles. The van der Waals surface area contributed by atoms with E-state index in [2.05, 4.69) is 33.1 Å². The smallest absolute Gasteiger partial charge is 0.550 e. The van der Waals surface area contributed by atoms with Crippen LogP contribution in [0, 0.1) is 55.4 Å². The first-order chi connectivity index (χ1) is 34.5. The molecule has 0 spiro atoms. The summed E-state index contributed by atoms with van der Waals surface area (Å²) in [5, 5.41) is 8.89. The Morgan fingerprint density at radius 1 is 0.697 bits per heavy atom. The predicted molar refractivity (Wildman–Crippen MR) is 282 cm³/mol. The number of aliphatic carboxylic acids is 1. The molecule has 5 unspecified atom stereocenters. The molecule has 23 heteroatoms. The van der Waals surface area contributed by atoms with Gasteiger partial charge in [0.25, 0.3) is 0 Å². The van der Waals surface area contributed by atoms with Crippen LogP contribution in [-0.2, 0) is 67.0 Å². The summed E-state index contributed by atoms with van der Waals surface area (Å²) in [6.07, 6.45) is -2.06. The Balaban J connectivity index is 0. The summed E-state index contributed by atoms with van der Waals surface area (Å²) in [6.45, 7) is 21.3. The molecule has 2 aliphatic rings. The van der Waals surface area contributed by atoms with Crippen molar-refractivity contribution in [2.75, 3.05) is 19.8 Å². The third kappa shape index (κ3) is 21.6. The second kappa shape index (κ2) is 32.9. The topological polar surface area (TPSA) is 203 Å². The first kappa shape index (κ1) is 71.3. The molecule has 2 aliphatic heterocycles. The van der Waals surface area contributed by atoms with Gasteiger partial charge >= 0.3 is 66.7 Å². The van der Waals surface area contributed by atoms with Gasteiger partial charge in [0.15, 0.2) is 6.10 Å². The summed E-state index contributed by atoms with van der Waals surface area (Å²) in [5.74, 6) is -10.7. The molecule has 0 bridgehead atoms. The van der Waals surface area contributed by atoms with E-state index in [4.69, 9.17) is 32.9 Å². The maximum Gasteiger partial charge on any atom is 1.00 e. The van der Waals surface area contributed by atoms with E-state index in [0.29, 0.717) is 34.8 Å². The molecule has 6 rings (SSSR count). The molecule has 5 atom stereocenters. The molecule has 0 saturated carbocycles. The number of aryl methyl sites for hydroxylation is 8. The van der Waals surface area contributed by atoms with Gasteiger partial charge in [-0.2, -0.15) is 17.6 Å². The van der Waals surface area contributed by atoms with Crippen molar-refractivity contribution in [1.29, 1.82) is 0 Å². The Morgan fingerprint density at radius 3 is 1.62 bits per heavy atom. The molecule has 0 aromatic heterocycles. The zero-order valence-corrected chi connectivity index (χ0v) is 49.8. The van der Waals surface area contributed by atoms with Crippen molar-refractivity contribution in [1.82, 2.24) is 0 Å². The number of benzene rings is 4. The molecule has 0 amide bonds. The van der Waals surface area contributed by atoms with Gasteiger partial charge in [-0.25, -0.2) is 19.2 Å². The van der Waals surface area contributed by atoms with Crippen LogP contribution in [0.4, 0.5) is 17.6 Å². The number of epoxide rings is 1. The molecular formula is C53H69F4NaO15P3+. The molecule has 4 aromatic rings. The number of ketones is 1. The second-order valence-corrected chi connectivity index (χ2v) is 17.7. The number of Topliss-reactive ketones (excluding diaryl/α,β-unsaturated/α-hetero) is 1. The number of carboxylic acid groups (broad SMARTS) is 1. The van der Waals surface area contributed by atoms with Crippen LogP contribution in [0.1, 0.15) is 109 Å². The number of fused-ring (bicyclic) bond motifs is 1. The van der Waals surface area contributed by atoms with E-state index >= 15 is 0 Å². The Morgan fingerprint density at radius 2 is 1.13 bits per heavy atom. The van der Waals surface area contributed by atoms with Gasteiger partial charge in [-0.05, 0) is 111 Å². The van der Waals surface area contributed by atoms with Crippen LogP contribution in [0.3, 0.4) is 0 Å². The zero-order chi connectivity index (χ0) is 56.4. The Bertz CT molecular complexity index is 2670. The minimum Gasteiger partial charge on any atom is -0.550 e. The Labute approximate surface area is 473 Å². The molecule has 0 radical (unpaired) electrons. The fraction of sp³-hybridized carbons (Fsp3) is 0.434. The molecule has 1 saturated heterocycles. The third-order valence-electron chi connectivity index (χ3n) is 10.4. The number of halogens is 4. The number of carbonyl (C=O) groups is 6. The van der Waals surface area contributed by atoms with E-state index in [9.17, 15) is 41.5 Å². The number of ether oxygens (including phenoxy) is 5. The number of esters is 4. The van der Waals surface area contributed by atoms with Crippen LogP contribution in [0.15, 0.2) is 48.5 Å². The van der Waals surface area contributed by atoms with E-state index in [1.54, 1.807) is 52.8 Å². The molecule has 414 valence electrons. The van der Waals surface area contributed by atoms with Crippen LogP contribution in [-0.4, -0.2) is 73.4 Å². The Hall–Kier alpha value is -4.73. The second-order valence-electron chi connectivity index (χ2n) is 17.0. The van der Waals surface area contributed by atoms with E-state index in [-0.39, 0.29) is 81.4 Å². The van der Waals surface area contributed by atoms with Crippen molar-refractivity contribution < 1.29 is 120 Å². The molecule has 0 N–H and O–H groups in total. The standard InChI is InChI=1S/C13H17F2O3P.2C13H17O4P.C11H10F2O2.C2H4O2.CH4.Na/c1-4-17-12(16)13(14,15)7-10-6-8(2)5-9(3)11(10)18-19;1-4-15-13(14)12-11(16-12)9-6-7(2)5-8(3)10(9)17-18;1-4-16-13(15)11(14)7-10-6-8(2)5-9(3)12(10)17-18;1-6-3-7(2)9-8(4-6)5-11(12,13)10(14)15-9;1-2(3)4;;/h5-6H,4,7,19H2,1-3H3;5-6,11-12H,4,18H2,1-3H3;5-6H,4,7,18H2,1-3H3;3-4H,5H2,1-2H3;1H3,(H,3,4);1H4;/q;;;;;;+1. The minimum absolute atomic E-state index is 0. The van der Waals surface area contributed by atoms with Crippen LogP contribution < -0.4 is 53.0 Å². The van der Waals surface area contributed by atoms with E-state index < -0.39 is 60.5 Å². The molecule has 4 aromatic carbocycles. The monoisotopic (exact) mass is 1140 g/mol. The molecule has 15 nitrogen and oxygen atoms in total. The Kier molecular flexibility index (Phi) is 30.8. The summed E-state index contributed by atoms with van der Waals surface area (Å²) in [7, 11) is 6.43. The molecule has 1 fully saturated rings. The maximum atomic E-state index is 13.7. The van der Waals surface area contributed by atoms with Gasteiger partial charge in [-0.1, -0.05) is 72.1 Å². The van der Waals surface area contributed by atoms with E-state index in [1.807, 2.05) is 74.4 Å². The van der Waals surface area contributed by atoms with E-state index in [1.165, 1.54) is 6.92 Å². The third-order valence-corrected chi connectivity index (χ3v) is 11.1. The SMILES string of the molecule is C.CC(=O)[O-].CCOC(=O)C(=O)Cc1cc(C)cc(C)c1OP.CCOC(=O)C(F)(F)Cc1cc(C)cc(C)c1OP.CCOC(=O)C1OC1c1cc(C)cc(C)c1OP.Cc1cc(C)c2c(c1)CC(F)(F)C(=O)O2.[H+].[Na+]. The number of carboxylic acids is 1. The number of hydrogen-bond acceptors (Lipinski definition) is 15. The number of carbonyl (C=O) groups excluding carboxylic acids is 6. The van der Waals surface area contributed by atoms with Crippen LogP contribution in [0.2, 0.25) is 0 Å². The van der Waals surface area contributed by atoms with Crippen LogP contribution >= 0.6 is 28.4 Å². The number of rotatable bonds is 14. The summed E-state index contributed by atoms with van der Waals surface area (Å²) >= 11 is 0. The van der Waals surface area contributed by atoms with Gasteiger partial charge in [0, 0.05) is 34.6 Å². The first-order valence-electron chi connectivity index (χ1n) is 22.9. The molecule has 0 aliphatic carbocycles. The normalized spacial score (nSPS) is 14.2. The van der Waals surface area contributed by atoms with Crippen molar-refractivity contribution in [3.63, 3.8) is 0 Å². The van der Waals surface area contributed by atoms with Crippen LogP contribution in [0.25, 0.3) is 0 Å². The maximum absolute atomic E-state index is 13.7. The van der Waals surface area contributed by atoms with Gasteiger partial charge in [0.05, 0.1) is 61.1 Å². The summed E-state index contributed by atoms with van der Waals surface area (Å²) in [5.41, 5.74) is 9.55. The average molecular weight is 1140 g/mol. The quantitative estimate of drug-likeness (QED) is 0.0188. The van der Waals surface area contributed by atoms with Gasteiger partial charge in [-0.3, -0.25) is 4.79 Å².